The third-order valence-electron chi connectivity index (χ3n) is 1.62. The first kappa shape index (κ1) is 8.75. The summed E-state index contributed by atoms with van der Waals surface area (Å²) in [6.07, 6.45) is 5.38. The van der Waals surface area contributed by atoms with Crippen LogP contribution >= 0.6 is 0 Å². The largest absolute Gasteiger partial charge is 0.347 e. The van der Waals surface area contributed by atoms with Crippen LogP contribution in [-0.2, 0) is 9.47 Å². The van der Waals surface area contributed by atoms with Crippen molar-refractivity contribution >= 4 is 0 Å². The van der Waals surface area contributed by atoms with Crippen LogP contribution in [-0.4, -0.2) is 18.5 Å². The standard InChI is InChI=1S/C9H16O2/c1-4-5-6-8-7-10-9(2,3)11-8/h5-6,8H,4,7H2,1-3H3/b6-5-/t8-/m0/s1. The first-order valence-corrected chi connectivity index (χ1v) is 4.12. The van der Waals surface area contributed by atoms with Gasteiger partial charge in [-0.3, -0.25) is 0 Å². The summed E-state index contributed by atoms with van der Waals surface area (Å²) in [5.74, 6) is -0.386. The second-order valence-corrected chi connectivity index (χ2v) is 3.20. The first-order chi connectivity index (χ1) is 5.14. The van der Waals surface area contributed by atoms with Crippen LogP contribution in [0.4, 0.5) is 0 Å². The smallest absolute Gasteiger partial charge is 0.163 e. The molecule has 0 aromatic rings. The van der Waals surface area contributed by atoms with Crippen molar-refractivity contribution in [1.82, 2.24) is 0 Å². The molecule has 2 nitrogen and oxygen atoms in total. The molecule has 1 saturated heterocycles. The summed E-state index contributed by atoms with van der Waals surface area (Å²) in [5.41, 5.74) is 0. The fourth-order valence-corrected chi connectivity index (χ4v) is 1.10. The number of ether oxygens (including phenoxy) is 2. The normalized spacial score (nSPS) is 29.9. The maximum absolute atomic E-state index is 5.54. The van der Waals surface area contributed by atoms with Gasteiger partial charge in [0.2, 0.25) is 0 Å². The van der Waals surface area contributed by atoms with E-state index >= 15 is 0 Å². The number of rotatable bonds is 2. The Kier molecular flexibility index (Phi) is 2.68. The van der Waals surface area contributed by atoms with Crippen molar-refractivity contribution in [1.29, 1.82) is 0 Å². The third kappa shape index (κ3) is 2.64. The number of hydrogen-bond acceptors (Lipinski definition) is 2. The molecule has 0 spiro atoms. The van der Waals surface area contributed by atoms with Gasteiger partial charge in [-0.15, -0.1) is 0 Å². The molecule has 1 atom stereocenters. The molecule has 0 N–H and O–H groups in total. The molecule has 0 amide bonds. The van der Waals surface area contributed by atoms with Crippen molar-refractivity contribution in [3.63, 3.8) is 0 Å². The minimum Gasteiger partial charge on any atom is -0.347 e. The van der Waals surface area contributed by atoms with Gasteiger partial charge in [-0.1, -0.05) is 19.1 Å². The highest BCUT2D eigenvalue weighted by Crippen LogP contribution is 2.22. The predicted molar refractivity (Wildman–Crippen MR) is 44.3 cm³/mol. The van der Waals surface area contributed by atoms with E-state index in [1.165, 1.54) is 0 Å². The monoisotopic (exact) mass is 156 g/mol. The maximum atomic E-state index is 5.54. The molecule has 1 heterocycles. The van der Waals surface area contributed by atoms with Crippen LogP contribution in [0.5, 0.6) is 0 Å². The highest BCUT2D eigenvalue weighted by atomic mass is 16.7. The summed E-state index contributed by atoms with van der Waals surface area (Å²) in [4.78, 5) is 0. The van der Waals surface area contributed by atoms with Crippen LogP contribution in [0.3, 0.4) is 0 Å². The van der Waals surface area contributed by atoms with E-state index in [4.69, 9.17) is 9.47 Å². The molecule has 0 unspecified atom stereocenters. The predicted octanol–water partition coefficient (Wildman–Crippen LogP) is 2.10. The molecular weight excluding hydrogens is 140 g/mol. The Morgan fingerprint density at radius 3 is 2.73 bits per heavy atom. The van der Waals surface area contributed by atoms with Crippen molar-refractivity contribution < 1.29 is 9.47 Å². The summed E-state index contributed by atoms with van der Waals surface area (Å²) >= 11 is 0. The molecule has 1 aliphatic heterocycles. The second-order valence-electron chi connectivity index (χ2n) is 3.20. The Balaban J connectivity index is 2.36. The number of allylic oxidation sites excluding steroid dienone is 1. The van der Waals surface area contributed by atoms with Gasteiger partial charge in [0.15, 0.2) is 5.79 Å². The lowest BCUT2D eigenvalue weighted by molar-refractivity contribution is -0.133. The molecule has 64 valence electrons. The molecule has 1 fully saturated rings. The zero-order valence-electron chi connectivity index (χ0n) is 7.46. The molecule has 0 radical (unpaired) electrons. The Labute approximate surface area is 68.2 Å². The molecular formula is C9H16O2. The Bertz CT molecular complexity index is 150. The van der Waals surface area contributed by atoms with E-state index in [0.717, 1.165) is 6.42 Å². The molecule has 0 saturated carbocycles. The molecule has 0 aliphatic carbocycles. The van der Waals surface area contributed by atoms with Gasteiger partial charge < -0.3 is 9.47 Å². The molecule has 2 heteroatoms. The van der Waals surface area contributed by atoms with Crippen molar-refractivity contribution in [2.75, 3.05) is 6.61 Å². The van der Waals surface area contributed by atoms with Crippen molar-refractivity contribution in [3.05, 3.63) is 12.2 Å². The fraction of sp³-hybridized carbons (Fsp3) is 0.778. The van der Waals surface area contributed by atoms with Crippen molar-refractivity contribution in [2.45, 2.75) is 39.1 Å². The molecule has 1 rings (SSSR count). The van der Waals surface area contributed by atoms with Crippen LogP contribution in [0.15, 0.2) is 12.2 Å². The molecule has 0 aromatic heterocycles. The molecule has 11 heavy (non-hydrogen) atoms. The topological polar surface area (TPSA) is 18.5 Å². The summed E-state index contributed by atoms with van der Waals surface area (Å²) < 4.78 is 10.9. The van der Waals surface area contributed by atoms with Gasteiger partial charge in [0.05, 0.1) is 6.61 Å². The van der Waals surface area contributed by atoms with E-state index in [0.29, 0.717) is 6.61 Å². The van der Waals surface area contributed by atoms with E-state index in [1.54, 1.807) is 0 Å². The Hall–Kier alpha value is -0.340. The highest BCUT2D eigenvalue weighted by molar-refractivity contribution is 4.92. The van der Waals surface area contributed by atoms with Crippen LogP contribution in [0.2, 0.25) is 0 Å². The fourth-order valence-electron chi connectivity index (χ4n) is 1.10. The summed E-state index contributed by atoms with van der Waals surface area (Å²) in [5, 5.41) is 0. The summed E-state index contributed by atoms with van der Waals surface area (Å²) in [7, 11) is 0. The van der Waals surface area contributed by atoms with Crippen LogP contribution < -0.4 is 0 Å². The van der Waals surface area contributed by atoms with Crippen molar-refractivity contribution in [2.24, 2.45) is 0 Å². The highest BCUT2D eigenvalue weighted by Gasteiger charge is 2.30. The molecule has 1 aliphatic rings. The Morgan fingerprint density at radius 1 is 1.55 bits per heavy atom. The lowest BCUT2D eigenvalue weighted by atomic mass is 10.3. The van der Waals surface area contributed by atoms with E-state index in [-0.39, 0.29) is 11.9 Å². The van der Waals surface area contributed by atoms with Crippen LogP contribution in [0.1, 0.15) is 27.2 Å². The van der Waals surface area contributed by atoms with E-state index in [9.17, 15) is 0 Å². The van der Waals surface area contributed by atoms with Crippen LogP contribution in [0, 0.1) is 0 Å². The lowest BCUT2D eigenvalue weighted by Gasteiger charge is -2.15. The van der Waals surface area contributed by atoms with Crippen LogP contribution in [0.25, 0.3) is 0 Å². The minimum absolute atomic E-state index is 0.157. The van der Waals surface area contributed by atoms with Crippen molar-refractivity contribution in [3.8, 4) is 0 Å². The maximum Gasteiger partial charge on any atom is 0.163 e. The van der Waals surface area contributed by atoms with E-state index < -0.39 is 0 Å². The van der Waals surface area contributed by atoms with E-state index in [1.807, 2.05) is 13.8 Å². The van der Waals surface area contributed by atoms with Gasteiger partial charge >= 0.3 is 0 Å². The molecule has 0 aromatic carbocycles. The zero-order valence-corrected chi connectivity index (χ0v) is 7.46. The summed E-state index contributed by atoms with van der Waals surface area (Å²) in [6.45, 7) is 6.67. The van der Waals surface area contributed by atoms with E-state index in [2.05, 4.69) is 19.1 Å². The Morgan fingerprint density at radius 2 is 2.27 bits per heavy atom. The lowest BCUT2D eigenvalue weighted by Crippen LogP contribution is -2.20. The first-order valence-electron chi connectivity index (χ1n) is 4.12. The minimum atomic E-state index is -0.386. The van der Waals surface area contributed by atoms with Gasteiger partial charge in [0, 0.05) is 0 Å². The number of hydrogen-bond donors (Lipinski definition) is 0. The van der Waals surface area contributed by atoms with Gasteiger partial charge in [-0.05, 0) is 20.3 Å². The second kappa shape index (κ2) is 3.37. The van der Waals surface area contributed by atoms with Gasteiger partial charge in [-0.2, -0.15) is 0 Å². The third-order valence-corrected chi connectivity index (χ3v) is 1.62. The summed E-state index contributed by atoms with van der Waals surface area (Å²) in [6, 6.07) is 0. The van der Waals surface area contributed by atoms with Gasteiger partial charge in [0.1, 0.15) is 6.10 Å². The average Bonchev–Trinajstić information content (AvgIpc) is 2.26. The van der Waals surface area contributed by atoms with Gasteiger partial charge in [-0.25, -0.2) is 0 Å². The van der Waals surface area contributed by atoms with Gasteiger partial charge in [0.25, 0.3) is 0 Å². The quantitative estimate of drug-likeness (QED) is 0.570. The SMILES string of the molecule is CC/C=C\[C@H]1COC(C)(C)O1. The zero-order chi connectivity index (χ0) is 8.32. The average molecular weight is 156 g/mol. The molecule has 0 bridgehead atoms.